The lowest BCUT2D eigenvalue weighted by molar-refractivity contribution is 0.0977. The molecule has 1 aromatic heterocycles. The third kappa shape index (κ3) is 5.21. The molecule has 1 heterocycles. The van der Waals surface area contributed by atoms with Crippen LogP contribution in [-0.2, 0) is 0 Å². The lowest BCUT2D eigenvalue weighted by Gasteiger charge is -2.11. The lowest BCUT2D eigenvalue weighted by Crippen LogP contribution is -2.34. The van der Waals surface area contributed by atoms with E-state index in [1.807, 2.05) is 12.1 Å². The second kappa shape index (κ2) is 9.68. The molecule has 8 heteroatoms. The fourth-order valence-corrected chi connectivity index (χ4v) is 3.66. The van der Waals surface area contributed by atoms with Crippen LogP contribution in [0.5, 0.6) is 0 Å². The number of oxazole rings is 1. The first kappa shape index (κ1) is 22.9. The van der Waals surface area contributed by atoms with E-state index in [1.54, 1.807) is 18.2 Å². The Labute approximate surface area is 201 Å². The van der Waals surface area contributed by atoms with Crippen molar-refractivity contribution in [1.82, 2.24) is 10.3 Å². The molecule has 0 fully saturated rings. The summed E-state index contributed by atoms with van der Waals surface area (Å²) in [4.78, 5) is 16.9. The molecule has 0 radical (unpaired) electrons. The highest BCUT2D eigenvalue weighted by atomic mass is 35.5. The smallest absolute Gasteiger partial charge is 0.257 e. The van der Waals surface area contributed by atoms with Gasteiger partial charge in [-0.05, 0) is 84.7 Å². The maximum Gasteiger partial charge on any atom is 0.257 e. The number of carbonyl (C=O) groups is 1. The number of nitrogens with one attached hydrogen (secondary N) is 2. The third-order valence-electron chi connectivity index (χ3n) is 5.39. The van der Waals surface area contributed by atoms with Gasteiger partial charge in [0.05, 0.1) is 10.7 Å². The Balaban J connectivity index is 1.53. The molecular formula is C25H21ClFN3O2S. The fraction of sp³-hybridized carbons (Fsp3) is 0.160. The number of fused-ring (bicyclic) bond motifs is 1. The first-order chi connectivity index (χ1) is 15.8. The highest BCUT2D eigenvalue weighted by Crippen LogP contribution is 2.31. The van der Waals surface area contributed by atoms with Crippen LogP contribution in [0.4, 0.5) is 10.1 Å². The molecular weight excluding hydrogens is 461 g/mol. The van der Waals surface area contributed by atoms with Crippen molar-refractivity contribution in [2.24, 2.45) is 0 Å². The number of carbonyl (C=O) groups excluding carboxylic acids is 1. The number of hydrogen-bond donors (Lipinski definition) is 2. The minimum absolute atomic E-state index is 0.0548. The molecule has 168 valence electrons. The molecule has 4 aromatic rings. The second-order valence-electron chi connectivity index (χ2n) is 7.67. The monoisotopic (exact) mass is 481 g/mol. The number of nitrogens with zero attached hydrogens (tertiary/aromatic N) is 1. The van der Waals surface area contributed by atoms with E-state index in [0.717, 1.165) is 11.9 Å². The molecule has 0 bridgehead atoms. The van der Waals surface area contributed by atoms with E-state index in [1.165, 1.54) is 29.8 Å². The van der Waals surface area contributed by atoms with Crippen molar-refractivity contribution >= 4 is 51.6 Å². The van der Waals surface area contributed by atoms with Crippen LogP contribution in [0.1, 0.15) is 42.1 Å². The Bertz CT molecular complexity index is 1340. The number of halogens is 2. The number of aromatic nitrogens is 1. The molecule has 0 aliphatic heterocycles. The van der Waals surface area contributed by atoms with Crippen molar-refractivity contribution < 1.29 is 13.6 Å². The van der Waals surface area contributed by atoms with E-state index >= 15 is 0 Å². The SMILES string of the molecule is CC[C@H](C)c1ccc2oc(-c3ccc(Cl)c(NC(=S)NC(=O)c4ccc(F)cc4)c3)nc2c1. The summed E-state index contributed by atoms with van der Waals surface area (Å²) in [6.45, 7) is 4.33. The molecule has 0 saturated carbocycles. The predicted molar refractivity (Wildman–Crippen MR) is 133 cm³/mol. The third-order valence-corrected chi connectivity index (χ3v) is 5.92. The van der Waals surface area contributed by atoms with E-state index in [4.69, 9.17) is 28.2 Å². The summed E-state index contributed by atoms with van der Waals surface area (Å²) >= 11 is 11.6. The highest BCUT2D eigenvalue weighted by Gasteiger charge is 2.14. The first-order valence-corrected chi connectivity index (χ1v) is 11.2. The Kier molecular flexibility index (Phi) is 6.72. The van der Waals surface area contributed by atoms with Crippen LogP contribution in [0.25, 0.3) is 22.6 Å². The Hall–Kier alpha value is -3.29. The summed E-state index contributed by atoms with van der Waals surface area (Å²) in [5, 5.41) is 5.94. The summed E-state index contributed by atoms with van der Waals surface area (Å²) in [5.74, 6) is 0.00119. The van der Waals surface area contributed by atoms with Gasteiger partial charge < -0.3 is 9.73 Å². The minimum atomic E-state index is -0.462. The predicted octanol–water partition coefficient (Wildman–Crippen LogP) is 6.93. The van der Waals surface area contributed by atoms with Crippen LogP contribution < -0.4 is 10.6 Å². The number of anilines is 1. The molecule has 1 atom stereocenters. The molecule has 2 N–H and O–H groups in total. The van der Waals surface area contributed by atoms with Crippen LogP contribution in [0.3, 0.4) is 0 Å². The zero-order valence-corrected chi connectivity index (χ0v) is 19.6. The van der Waals surface area contributed by atoms with Gasteiger partial charge in [-0.25, -0.2) is 9.37 Å². The number of thiocarbonyl (C=S) groups is 1. The summed E-state index contributed by atoms with van der Waals surface area (Å²) in [6.07, 6.45) is 1.04. The van der Waals surface area contributed by atoms with Gasteiger partial charge in [-0.2, -0.15) is 0 Å². The Morgan fingerprint density at radius 1 is 1.15 bits per heavy atom. The number of amides is 1. The van der Waals surface area contributed by atoms with Crippen LogP contribution in [0.2, 0.25) is 5.02 Å². The van der Waals surface area contributed by atoms with Crippen LogP contribution in [0.15, 0.2) is 65.1 Å². The topological polar surface area (TPSA) is 67.2 Å². The summed E-state index contributed by atoms with van der Waals surface area (Å²) in [6, 6.07) is 16.4. The van der Waals surface area contributed by atoms with Gasteiger partial charge in [0, 0.05) is 11.1 Å². The van der Waals surface area contributed by atoms with Crippen molar-refractivity contribution in [3.05, 3.63) is 82.6 Å². The fourth-order valence-electron chi connectivity index (χ4n) is 3.29. The van der Waals surface area contributed by atoms with Crippen LogP contribution in [0, 0.1) is 5.82 Å². The van der Waals surface area contributed by atoms with Crippen molar-refractivity contribution in [3.8, 4) is 11.5 Å². The highest BCUT2D eigenvalue weighted by molar-refractivity contribution is 7.80. The van der Waals surface area contributed by atoms with Gasteiger partial charge in [0.15, 0.2) is 10.7 Å². The van der Waals surface area contributed by atoms with Gasteiger partial charge >= 0.3 is 0 Å². The second-order valence-corrected chi connectivity index (χ2v) is 8.48. The van der Waals surface area contributed by atoms with Gasteiger partial charge in [-0.1, -0.05) is 31.5 Å². The molecule has 0 aliphatic rings. The van der Waals surface area contributed by atoms with Gasteiger partial charge in [0.25, 0.3) is 5.91 Å². The maximum atomic E-state index is 13.1. The molecule has 33 heavy (non-hydrogen) atoms. The largest absolute Gasteiger partial charge is 0.436 e. The van der Waals surface area contributed by atoms with Gasteiger partial charge in [-0.3, -0.25) is 10.1 Å². The lowest BCUT2D eigenvalue weighted by atomic mass is 9.98. The Morgan fingerprint density at radius 3 is 2.64 bits per heavy atom. The van der Waals surface area contributed by atoms with E-state index in [2.05, 4.69) is 35.5 Å². The summed E-state index contributed by atoms with van der Waals surface area (Å²) < 4.78 is 19.0. The number of hydrogen-bond acceptors (Lipinski definition) is 4. The summed E-state index contributed by atoms with van der Waals surface area (Å²) in [5.41, 5.74) is 4.17. The quantitative estimate of drug-likeness (QED) is 0.302. The zero-order valence-electron chi connectivity index (χ0n) is 18.0. The first-order valence-electron chi connectivity index (χ1n) is 10.4. The van der Waals surface area contributed by atoms with Crippen molar-refractivity contribution in [2.75, 3.05) is 5.32 Å². The van der Waals surface area contributed by atoms with E-state index in [-0.39, 0.29) is 10.7 Å². The normalized spacial score (nSPS) is 11.9. The van der Waals surface area contributed by atoms with Crippen molar-refractivity contribution in [2.45, 2.75) is 26.2 Å². The molecule has 0 aliphatic carbocycles. The standard InChI is InChI=1S/C25H21ClFN3O2S/c1-3-14(2)16-7-11-22-21(12-16)28-24(32-22)17-6-10-19(26)20(13-17)29-25(33)30-23(31)15-4-8-18(27)9-5-15/h4-14H,3H2,1-2H3,(H2,29,30,31,33)/t14-/m0/s1. The molecule has 3 aromatic carbocycles. The average molecular weight is 482 g/mol. The van der Waals surface area contributed by atoms with Crippen molar-refractivity contribution in [3.63, 3.8) is 0 Å². The van der Waals surface area contributed by atoms with Crippen molar-refractivity contribution in [1.29, 1.82) is 0 Å². The van der Waals surface area contributed by atoms with E-state index < -0.39 is 11.7 Å². The molecule has 0 spiro atoms. The minimum Gasteiger partial charge on any atom is -0.436 e. The van der Waals surface area contributed by atoms with E-state index in [0.29, 0.717) is 33.7 Å². The van der Waals surface area contributed by atoms with E-state index in [9.17, 15) is 9.18 Å². The van der Waals surface area contributed by atoms with Crippen LogP contribution in [-0.4, -0.2) is 16.0 Å². The Morgan fingerprint density at radius 2 is 1.91 bits per heavy atom. The summed E-state index contributed by atoms with van der Waals surface area (Å²) in [7, 11) is 0. The molecule has 0 saturated heterocycles. The molecule has 5 nitrogen and oxygen atoms in total. The number of rotatable bonds is 5. The molecule has 1 amide bonds. The maximum absolute atomic E-state index is 13.1. The van der Waals surface area contributed by atoms with Gasteiger partial charge in [0.1, 0.15) is 11.3 Å². The van der Waals surface area contributed by atoms with Crippen LogP contribution >= 0.6 is 23.8 Å². The average Bonchev–Trinajstić information content (AvgIpc) is 3.23. The molecule has 0 unspecified atom stereocenters. The number of benzene rings is 3. The molecule has 4 rings (SSSR count). The van der Waals surface area contributed by atoms with Gasteiger partial charge in [-0.15, -0.1) is 0 Å². The zero-order chi connectivity index (χ0) is 23.5. The van der Waals surface area contributed by atoms with Gasteiger partial charge in [0.2, 0.25) is 5.89 Å².